The largest absolute Gasteiger partial charge is 0.207 e. The summed E-state index contributed by atoms with van der Waals surface area (Å²) in [4.78, 5) is 0. The maximum Gasteiger partial charge on any atom is 0.123 e. The molecule has 0 atom stereocenters. The van der Waals surface area contributed by atoms with Crippen molar-refractivity contribution in [1.29, 1.82) is 0 Å². The average Bonchev–Trinajstić information content (AvgIpc) is 1.94. The van der Waals surface area contributed by atoms with Gasteiger partial charge in [0.25, 0.3) is 0 Å². The van der Waals surface area contributed by atoms with Crippen molar-refractivity contribution < 1.29 is 4.39 Å². The summed E-state index contributed by atoms with van der Waals surface area (Å²) in [6, 6.07) is 4.86. The van der Waals surface area contributed by atoms with Gasteiger partial charge in [0, 0.05) is 0 Å². The normalized spacial score (nSPS) is 9.92. The van der Waals surface area contributed by atoms with Gasteiger partial charge in [0.1, 0.15) is 5.82 Å². The first-order chi connectivity index (χ1) is 5.59. The topological polar surface area (TPSA) is 0 Å². The van der Waals surface area contributed by atoms with Crippen LogP contribution in [0.25, 0.3) is 0 Å². The van der Waals surface area contributed by atoms with E-state index in [4.69, 9.17) is 0 Å². The zero-order valence-corrected chi connectivity index (χ0v) is 7.52. The number of rotatable bonds is 2. The first-order valence-electron chi connectivity index (χ1n) is 3.99. The maximum absolute atomic E-state index is 12.7. The lowest BCUT2D eigenvalue weighted by Crippen LogP contribution is -1.90. The van der Waals surface area contributed by atoms with Crippen LogP contribution in [0.3, 0.4) is 0 Å². The summed E-state index contributed by atoms with van der Waals surface area (Å²) >= 11 is 0. The molecule has 1 aromatic rings. The summed E-state index contributed by atoms with van der Waals surface area (Å²) < 4.78 is 12.7. The highest BCUT2D eigenvalue weighted by atomic mass is 19.1. The van der Waals surface area contributed by atoms with Crippen LogP contribution in [-0.4, -0.2) is 0 Å². The van der Waals surface area contributed by atoms with E-state index in [-0.39, 0.29) is 5.82 Å². The molecule has 0 saturated carbocycles. The molecule has 0 saturated heterocycles. The van der Waals surface area contributed by atoms with Crippen LogP contribution in [0.4, 0.5) is 4.39 Å². The lowest BCUT2D eigenvalue weighted by molar-refractivity contribution is 0.626. The Morgan fingerprint density at radius 3 is 2.67 bits per heavy atom. The highest BCUT2D eigenvalue weighted by Gasteiger charge is 1.99. The smallest absolute Gasteiger partial charge is 0.123 e. The van der Waals surface area contributed by atoms with Gasteiger partial charge in [-0.25, -0.2) is 4.39 Å². The predicted octanol–water partition coefficient (Wildman–Crippen LogP) is 3.25. The van der Waals surface area contributed by atoms with Gasteiger partial charge in [-0.3, -0.25) is 0 Å². The fraction of sp³-hybridized carbons (Fsp3) is 0.273. The van der Waals surface area contributed by atoms with Crippen molar-refractivity contribution in [3.63, 3.8) is 0 Å². The molecule has 0 bridgehead atoms. The minimum absolute atomic E-state index is 0.169. The van der Waals surface area contributed by atoms with Gasteiger partial charge in [-0.1, -0.05) is 18.2 Å². The lowest BCUT2D eigenvalue weighted by Gasteiger charge is -2.04. The Morgan fingerprint density at radius 1 is 1.50 bits per heavy atom. The van der Waals surface area contributed by atoms with Crippen LogP contribution in [0.5, 0.6) is 0 Å². The number of aryl methyl sites for hydroxylation is 1. The van der Waals surface area contributed by atoms with E-state index in [2.05, 4.69) is 6.58 Å². The summed E-state index contributed by atoms with van der Waals surface area (Å²) in [7, 11) is 0. The number of halogens is 1. The van der Waals surface area contributed by atoms with Crippen molar-refractivity contribution in [2.75, 3.05) is 0 Å². The minimum Gasteiger partial charge on any atom is -0.207 e. The number of allylic oxidation sites excluding steroid dienone is 1. The molecule has 0 spiro atoms. The molecule has 0 nitrogen and oxygen atoms in total. The van der Waals surface area contributed by atoms with Crippen LogP contribution in [0, 0.1) is 12.7 Å². The first kappa shape index (κ1) is 8.98. The summed E-state index contributed by atoms with van der Waals surface area (Å²) in [6.07, 6.45) is 0.839. The Kier molecular flexibility index (Phi) is 2.64. The Labute approximate surface area is 72.7 Å². The standard InChI is InChI=1S/C11H13F/c1-8(2)6-10-4-5-11(12)7-9(10)3/h4-5,7H,1,6H2,2-3H3. The van der Waals surface area contributed by atoms with E-state index >= 15 is 0 Å². The minimum atomic E-state index is -0.169. The van der Waals surface area contributed by atoms with E-state index in [1.807, 2.05) is 19.9 Å². The second kappa shape index (κ2) is 3.53. The molecule has 1 rings (SSSR count). The van der Waals surface area contributed by atoms with Gasteiger partial charge in [-0.2, -0.15) is 0 Å². The van der Waals surface area contributed by atoms with Crippen LogP contribution in [0.15, 0.2) is 30.4 Å². The monoisotopic (exact) mass is 164 g/mol. The molecule has 1 heteroatoms. The molecule has 0 radical (unpaired) electrons. The second-order valence-corrected chi connectivity index (χ2v) is 3.20. The Morgan fingerprint density at radius 2 is 2.17 bits per heavy atom. The first-order valence-corrected chi connectivity index (χ1v) is 3.99. The Hall–Kier alpha value is -1.11. The Bertz CT molecular complexity index is 300. The van der Waals surface area contributed by atoms with Gasteiger partial charge in [-0.05, 0) is 43.5 Å². The predicted molar refractivity (Wildman–Crippen MR) is 49.7 cm³/mol. The highest BCUT2D eigenvalue weighted by Crippen LogP contribution is 2.13. The van der Waals surface area contributed by atoms with Crippen molar-refractivity contribution in [3.8, 4) is 0 Å². The second-order valence-electron chi connectivity index (χ2n) is 3.20. The summed E-state index contributed by atoms with van der Waals surface area (Å²) in [5.41, 5.74) is 3.26. The van der Waals surface area contributed by atoms with Crippen LogP contribution in [-0.2, 0) is 6.42 Å². The molecular weight excluding hydrogens is 151 g/mol. The van der Waals surface area contributed by atoms with Crippen LogP contribution >= 0.6 is 0 Å². The quantitative estimate of drug-likeness (QED) is 0.588. The molecule has 0 fully saturated rings. The molecule has 0 heterocycles. The van der Waals surface area contributed by atoms with Crippen molar-refractivity contribution >= 4 is 0 Å². The van der Waals surface area contributed by atoms with E-state index in [0.29, 0.717) is 0 Å². The molecule has 0 aliphatic carbocycles. The third kappa shape index (κ3) is 2.19. The molecule has 0 unspecified atom stereocenters. The van der Waals surface area contributed by atoms with E-state index < -0.39 is 0 Å². The molecule has 0 N–H and O–H groups in total. The van der Waals surface area contributed by atoms with Gasteiger partial charge in [0.2, 0.25) is 0 Å². The molecule has 12 heavy (non-hydrogen) atoms. The van der Waals surface area contributed by atoms with Gasteiger partial charge in [0.05, 0.1) is 0 Å². The molecule has 1 aromatic carbocycles. The van der Waals surface area contributed by atoms with E-state index in [1.54, 1.807) is 6.07 Å². The highest BCUT2D eigenvalue weighted by molar-refractivity contribution is 5.29. The van der Waals surface area contributed by atoms with Crippen molar-refractivity contribution in [3.05, 3.63) is 47.3 Å². The van der Waals surface area contributed by atoms with Gasteiger partial charge in [-0.15, -0.1) is 0 Å². The van der Waals surface area contributed by atoms with E-state index in [1.165, 1.54) is 6.07 Å². The SMILES string of the molecule is C=C(C)Cc1ccc(F)cc1C. The molecule has 0 aromatic heterocycles. The Balaban J connectivity index is 2.93. The number of benzene rings is 1. The summed E-state index contributed by atoms with van der Waals surface area (Å²) in [6.45, 7) is 7.71. The molecule has 0 amide bonds. The van der Waals surface area contributed by atoms with Crippen LogP contribution < -0.4 is 0 Å². The molecule has 0 aliphatic rings. The van der Waals surface area contributed by atoms with Gasteiger partial charge < -0.3 is 0 Å². The maximum atomic E-state index is 12.7. The van der Waals surface area contributed by atoms with E-state index in [9.17, 15) is 4.39 Å². The summed E-state index contributed by atoms with van der Waals surface area (Å²) in [5.74, 6) is -0.169. The van der Waals surface area contributed by atoms with Gasteiger partial charge in [0.15, 0.2) is 0 Å². The molecule has 64 valence electrons. The van der Waals surface area contributed by atoms with Crippen molar-refractivity contribution in [2.24, 2.45) is 0 Å². The third-order valence-corrected chi connectivity index (χ3v) is 1.80. The lowest BCUT2D eigenvalue weighted by atomic mass is 10.0. The van der Waals surface area contributed by atoms with Crippen LogP contribution in [0.2, 0.25) is 0 Å². The zero-order valence-electron chi connectivity index (χ0n) is 7.52. The van der Waals surface area contributed by atoms with Crippen LogP contribution in [0.1, 0.15) is 18.1 Å². The molecule has 0 aliphatic heterocycles. The fourth-order valence-corrected chi connectivity index (χ4v) is 1.18. The van der Waals surface area contributed by atoms with Gasteiger partial charge >= 0.3 is 0 Å². The number of hydrogen-bond acceptors (Lipinski definition) is 0. The molecular formula is C11H13F. The average molecular weight is 164 g/mol. The third-order valence-electron chi connectivity index (χ3n) is 1.80. The van der Waals surface area contributed by atoms with E-state index in [0.717, 1.165) is 23.1 Å². The van der Waals surface area contributed by atoms with Crippen molar-refractivity contribution in [2.45, 2.75) is 20.3 Å². The number of hydrogen-bond donors (Lipinski definition) is 0. The summed E-state index contributed by atoms with van der Waals surface area (Å²) in [5, 5.41) is 0. The fourth-order valence-electron chi connectivity index (χ4n) is 1.18. The zero-order chi connectivity index (χ0) is 9.14. The van der Waals surface area contributed by atoms with Crippen molar-refractivity contribution in [1.82, 2.24) is 0 Å².